The highest BCUT2D eigenvalue weighted by atomic mass is 16.5. The fraction of sp³-hybridized carbons (Fsp3) is 0.379. The summed E-state index contributed by atoms with van der Waals surface area (Å²) in [4.78, 5) is 2.12. The van der Waals surface area contributed by atoms with E-state index in [-0.39, 0.29) is 11.5 Å². The van der Waals surface area contributed by atoms with E-state index in [1.165, 1.54) is 16.8 Å². The third-order valence-electron chi connectivity index (χ3n) is 6.87. The fourth-order valence-electron chi connectivity index (χ4n) is 4.89. The molecule has 0 aromatic heterocycles. The number of nitrogens with zero attached hydrogens (tertiary/aromatic N) is 1. The molecule has 4 rings (SSSR count). The van der Waals surface area contributed by atoms with Gasteiger partial charge in [-0.15, -0.1) is 0 Å². The summed E-state index contributed by atoms with van der Waals surface area (Å²) in [5.41, 5.74) is 7.91. The number of rotatable bonds is 6. The number of ether oxygens (including phenoxy) is 3. The molecular weight excluding hydrogens is 410 g/mol. The largest absolute Gasteiger partial charge is 0.497 e. The first-order valence-corrected chi connectivity index (χ1v) is 11.5. The van der Waals surface area contributed by atoms with E-state index in [0.29, 0.717) is 6.61 Å². The average Bonchev–Trinajstić information content (AvgIpc) is 3.09. The molecule has 3 aromatic rings. The van der Waals surface area contributed by atoms with Crippen molar-refractivity contribution in [1.29, 1.82) is 0 Å². The molecule has 1 aliphatic rings. The maximum absolute atomic E-state index is 6.59. The maximum atomic E-state index is 6.59. The second-order valence-corrected chi connectivity index (χ2v) is 9.71. The molecule has 1 heterocycles. The number of hydrogen-bond donors (Lipinski definition) is 0. The molecule has 1 unspecified atom stereocenters. The van der Waals surface area contributed by atoms with Crippen molar-refractivity contribution in [3.8, 4) is 17.2 Å². The number of fused-ring (bicyclic) bond motifs is 1. The molecule has 0 N–H and O–H groups in total. The maximum Gasteiger partial charge on any atom is 0.127 e. The molecule has 1 aliphatic heterocycles. The number of hydrogen-bond acceptors (Lipinski definition) is 4. The van der Waals surface area contributed by atoms with Crippen LogP contribution in [0, 0.1) is 20.8 Å². The summed E-state index contributed by atoms with van der Waals surface area (Å²) in [6, 6.07) is 16.9. The van der Waals surface area contributed by atoms with Gasteiger partial charge in [0, 0.05) is 25.3 Å². The molecule has 3 aromatic carbocycles. The van der Waals surface area contributed by atoms with Crippen LogP contribution in [0.15, 0.2) is 48.5 Å². The van der Waals surface area contributed by atoms with Crippen LogP contribution >= 0.6 is 0 Å². The van der Waals surface area contributed by atoms with Crippen molar-refractivity contribution in [2.45, 2.75) is 52.7 Å². The molecule has 0 saturated heterocycles. The van der Waals surface area contributed by atoms with Gasteiger partial charge < -0.3 is 19.1 Å². The molecule has 4 heteroatoms. The molecule has 174 valence electrons. The summed E-state index contributed by atoms with van der Waals surface area (Å²) in [6.07, 6.45) is 0. The molecule has 33 heavy (non-hydrogen) atoms. The van der Waals surface area contributed by atoms with Crippen LogP contribution in [0.1, 0.15) is 53.1 Å². The predicted octanol–water partition coefficient (Wildman–Crippen LogP) is 6.57. The van der Waals surface area contributed by atoms with Gasteiger partial charge in [0.1, 0.15) is 29.5 Å². The molecule has 0 saturated carbocycles. The Bertz CT molecular complexity index is 1150. The van der Waals surface area contributed by atoms with Crippen LogP contribution in [-0.2, 0) is 6.61 Å². The minimum absolute atomic E-state index is 0.131. The van der Waals surface area contributed by atoms with Gasteiger partial charge in [-0.25, -0.2) is 0 Å². The zero-order valence-electron chi connectivity index (χ0n) is 21.1. The summed E-state index contributed by atoms with van der Waals surface area (Å²) < 4.78 is 18.3. The van der Waals surface area contributed by atoms with E-state index >= 15 is 0 Å². The second-order valence-electron chi connectivity index (χ2n) is 9.71. The predicted molar refractivity (Wildman–Crippen MR) is 135 cm³/mol. The topological polar surface area (TPSA) is 30.9 Å². The fourth-order valence-corrected chi connectivity index (χ4v) is 4.89. The van der Waals surface area contributed by atoms with E-state index in [0.717, 1.165) is 39.5 Å². The number of anilines is 1. The molecule has 0 amide bonds. The van der Waals surface area contributed by atoms with Crippen LogP contribution in [0.5, 0.6) is 17.2 Å². The monoisotopic (exact) mass is 445 g/mol. The van der Waals surface area contributed by atoms with Gasteiger partial charge in [-0.2, -0.15) is 0 Å². The summed E-state index contributed by atoms with van der Waals surface area (Å²) in [7, 11) is 5.81. The van der Waals surface area contributed by atoms with Crippen LogP contribution in [0.3, 0.4) is 0 Å². The van der Waals surface area contributed by atoms with E-state index < -0.39 is 0 Å². The van der Waals surface area contributed by atoms with Crippen molar-refractivity contribution in [2.24, 2.45) is 0 Å². The van der Waals surface area contributed by atoms with Crippen LogP contribution in [0.4, 0.5) is 5.69 Å². The highest BCUT2D eigenvalue weighted by Crippen LogP contribution is 2.54. The van der Waals surface area contributed by atoms with Crippen LogP contribution in [0.25, 0.3) is 0 Å². The number of methoxy groups -OCH3 is 1. The molecular formula is C29H35NO3. The normalized spacial score (nSPS) is 16.2. The summed E-state index contributed by atoms with van der Waals surface area (Å²) in [6.45, 7) is 11.3. The molecule has 0 bridgehead atoms. The van der Waals surface area contributed by atoms with Crippen molar-refractivity contribution in [3.63, 3.8) is 0 Å². The first kappa shape index (κ1) is 23.0. The summed E-state index contributed by atoms with van der Waals surface area (Å²) in [5.74, 6) is 2.94. The average molecular weight is 446 g/mol. The van der Waals surface area contributed by atoms with E-state index in [1.807, 2.05) is 24.3 Å². The summed E-state index contributed by atoms with van der Waals surface area (Å²) in [5, 5.41) is 0. The Balaban J connectivity index is 1.74. The second kappa shape index (κ2) is 8.66. The van der Waals surface area contributed by atoms with Gasteiger partial charge in [-0.3, -0.25) is 0 Å². The third kappa shape index (κ3) is 4.15. The zero-order chi connectivity index (χ0) is 23.9. The third-order valence-corrected chi connectivity index (χ3v) is 6.87. The first-order valence-electron chi connectivity index (χ1n) is 11.5. The molecule has 0 fully saturated rings. The van der Waals surface area contributed by atoms with E-state index in [9.17, 15) is 0 Å². The lowest BCUT2D eigenvalue weighted by Gasteiger charge is -2.28. The zero-order valence-corrected chi connectivity index (χ0v) is 21.1. The van der Waals surface area contributed by atoms with Gasteiger partial charge in [0.15, 0.2) is 0 Å². The van der Waals surface area contributed by atoms with Crippen molar-refractivity contribution >= 4 is 5.69 Å². The van der Waals surface area contributed by atoms with Gasteiger partial charge in [0.25, 0.3) is 0 Å². The Morgan fingerprint density at radius 1 is 0.879 bits per heavy atom. The standard InChI is InChI=1S/C29H35NO3/c1-18-19(2)28-25(20(3)27(18)32-17-21-9-15-24(31-8)16-10-21)26(29(4,5)33-28)22-11-13-23(14-12-22)30(6)7/h9-16,26H,17H2,1-8H3. The van der Waals surface area contributed by atoms with E-state index in [4.69, 9.17) is 14.2 Å². The quantitative estimate of drug-likeness (QED) is 0.429. The SMILES string of the molecule is COc1ccc(COc2c(C)c(C)c3c(c2C)C(c2ccc(N(C)C)cc2)C(C)(C)O3)cc1. The molecule has 4 nitrogen and oxygen atoms in total. The lowest BCUT2D eigenvalue weighted by Crippen LogP contribution is -2.31. The highest BCUT2D eigenvalue weighted by Gasteiger charge is 2.45. The Labute approximate surface area is 198 Å². The molecule has 0 aliphatic carbocycles. The van der Waals surface area contributed by atoms with Gasteiger partial charge >= 0.3 is 0 Å². The van der Waals surface area contributed by atoms with E-state index in [1.54, 1.807) is 7.11 Å². The van der Waals surface area contributed by atoms with Gasteiger partial charge in [-0.1, -0.05) is 24.3 Å². The molecule has 0 radical (unpaired) electrons. The lowest BCUT2D eigenvalue weighted by molar-refractivity contribution is 0.121. The Morgan fingerprint density at radius 3 is 2.09 bits per heavy atom. The van der Waals surface area contributed by atoms with Crippen LogP contribution in [0.2, 0.25) is 0 Å². The minimum Gasteiger partial charge on any atom is -0.497 e. The van der Waals surface area contributed by atoms with Crippen molar-refractivity contribution in [2.75, 3.05) is 26.1 Å². The van der Waals surface area contributed by atoms with Crippen LogP contribution in [-0.4, -0.2) is 26.8 Å². The Morgan fingerprint density at radius 2 is 1.52 bits per heavy atom. The smallest absolute Gasteiger partial charge is 0.127 e. The van der Waals surface area contributed by atoms with Gasteiger partial charge in [0.2, 0.25) is 0 Å². The molecule has 0 spiro atoms. The Hall–Kier alpha value is -3.14. The van der Waals surface area contributed by atoms with Gasteiger partial charge in [-0.05, 0) is 86.7 Å². The minimum atomic E-state index is -0.349. The summed E-state index contributed by atoms with van der Waals surface area (Å²) >= 11 is 0. The number of benzene rings is 3. The van der Waals surface area contributed by atoms with Crippen molar-refractivity contribution < 1.29 is 14.2 Å². The first-order chi connectivity index (χ1) is 15.6. The lowest BCUT2D eigenvalue weighted by atomic mass is 9.78. The Kier molecular flexibility index (Phi) is 6.04. The van der Waals surface area contributed by atoms with Crippen molar-refractivity contribution in [1.82, 2.24) is 0 Å². The highest BCUT2D eigenvalue weighted by molar-refractivity contribution is 5.64. The van der Waals surface area contributed by atoms with E-state index in [2.05, 4.69) is 77.9 Å². The molecule has 1 atom stereocenters. The van der Waals surface area contributed by atoms with Gasteiger partial charge in [0.05, 0.1) is 13.0 Å². The van der Waals surface area contributed by atoms with Crippen LogP contribution < -0.4 is 19.1 Å². The van der Waals surface area contributed by atoms with Crippen molar-refractivity contribution in [3.05, 3.63) is 81.9 Å².